The molecule has 154 valence electrons. The molecule has 6 rings (SSSR count). The predicted octanol–water partition coefficient (Wildman–Crippen LogP) is 7.11. The lowest BCUT2D eigenvalue weighted by Gasteiger charge is -2.12. The Morgan fingerprint density at radius 3 is 2.16 bits per heavy atom. The Kier molecular flexibility index (Phi) is 4.05. The van der Waals surface area contributed by atoms with E-state index in [2.05, 4.69) is 78.4 Å². The second-order valence-corrected chi connectivity index (χ2v) is 8.48. The SMILES string of the molecule is Cc1ccccc1-c1cc(-c2ccc3[nH]c(=O)c4c5ccccc5[nH]c4c3c2)ccc1C. The molecule has 0 aliphatic rings. The monoisotopic (exact) mass is 414 g/mol. The number of hydrogen-bond acceptors (Lipinski definition) is 1. The molecule has 0 spiro atoms. The lowest BCUT2D eigenvalue weighted by molar-refractivity contribution is 1.35. The summed E-state index contributed by atoms with van der Waals surface area (Å²) in [5.41, 5.74) is 9.95. The van der Waals surface area contributed by atoms with E-state index in [0.29, 0.717) is 0 Å². The standard InChI is InChI=1S/C29H22N2O/c1-17-7-3-4-8-21(17)23-15-19(12-11-18(23)2)20-13-14-26-24(16-20)28-27(29(32)31-26)22-9-5-6-10-25(22)30-28/h3-16,30H,1-2H3,(H,31,32). The molecule has 0 unspecified atom stereocenters. The summed E-state index contributed by atoms with van der Waals surface area (Å²) in [6, 6.07) is 29.4. The Bertz CT molecular complexity index is 1720. The lowest BCUT2D eigenvalue weighted by Crippen LogP contribution is -2.05. The molecule has 4 aromatic carbocycles. The van der Waals surface area contributed by atoms with Crippen LogP contribution in [0.5, 0.6) is 0 Å². The number of hydrogen-bond donors (Lipinski definition) is 2. The van der Waals surface area contributed by atoms with E-state index in [-0.39, 0.29) is 5.56 Å². The van der Waals surface area contributed by atoms with Crippen LogP contribution in [-0.4, -0.2) is 9.97 Å². The zero-order valence-corrected chi connectivity index (χ0v) is 18.0. The molecule has 3 nitrogen and oxygen atoms in total. The maximum Gasteiger partial charge on any atom is 0.258 e. The maximum absolute atomic E-state index is 12.8. The Hall–Kier alpha value is -4.11. The van der Waals surface area contributed by atoms with Gasteiger partial charge in [-0.1, -0.05) is 60.7 Å². The highest BCUT2D eigenvalue weighted by Gasteiger charge is 2.13. The molecular formula is C29H22N2O. The van der Waals surface area contributed by atoms with E-state index >= 15 is 0 Å². The van der Waals surface area contributed by atoms with Crippen LogP contribution in [0.2, 0.25) is 0 Å². The minimum Gasteiger partial charge on any atom is -0.354 e. The van der Waals surface area contributed by atoms with Gasteiger partial charge in [0.25, 0.3) is 5.56 Å². The van der Waals surface area contributed by atoms with E-state index in [9.17, 15) is 4.79 Å². The van der Waals surface area contributed by atoms with Crippen molar-refractivity contribution in [2.24, 2.45) is 0 Å². The molecule has 0 radical (unpaired) electrons. The van der Waals surface area contributed by atoms with Crippen LogP contribution in [0.25, 0.3) is 55.0 Å². The van der Waals surface area contributed by atoms with Gasteiger partial charge in [-0.25, -0.2) is 0 Å². The van der Waals surface area contributed by atoms with Gasteiger partial charge >= 0.3 is 0 Å². The van der Waals surface area contributed by atoms with Crippen LogP contribution in [0.1, 0.15) is 11.1 Å². The summed E-state index contributed by atoms with van der Waals surface area (Å²) in [5.74, 6) is 0. The van der Waals surface area contributed by atoms with Crippen molar-refractivity contribution < 1.29 is 0 Å². The first-order valence-corrected chi connectivity index (χ1v) is 10.8. The second-order valence-electron chi connectivity index (χ2n) is 8.48. The Labute approximate surface area is 185 Å². The molecule has 0 fully saturated rings. The summed E-state index contributed by atoms with van der Waals surface area (Å²) in [4.78, 5) is 19.4. The van der Waals surface area contributed by atoms with Crippen LogP contribution in [0.3, 0.4) is 0 Å². The van der Waals surface area contributed by atoms with Crippen molar-refractivity contribution in [3.8, 4) is 22.3 Å². The van der Waals surface area contributed by atoms with Crippen molar-refractivity contribution in [1.29, 1.82) is 0 Å². The normalized spacial score (nSPS) is 11.6. The number of rotatable bonds is 2. The Morgan fingerprint density at radius 2 is 1.28 bits per heavy atom. The van der Waals surface area contributed by atoms with E-state index in [4.69, 9.17) is 0 Å². The summed E-state index contributed by atoms with van der Waals surface area (Å²) < 4.78 is 0. The minimum atomic E-state index is -0.0603. The molecular weight excluding hydrogens is 392 g/mol. The van der Waals surface area contributed by atoms with E-state index < -0.39 is 0 Å². The first-order chi connectivity index (χ1) is 15.6. The van der Waals surface area contributed by atoms with Crippen LogP contribution in [-0.2, 0) is 0 Å². The largest absolute Gasteiger partial charge is 0.354 e. The van der Waals surface area contributed by atoms with Gasteiger partial charge in [-0.2, -0.15) is 0 Å². The zero-order valence-electron chi connectivity index (χ0n) is 18.0. The molecule has 0 bridgehead atoms. The maximum atomic E-state index is 12.8. The number of aromatic amines is 2. The molecule has 3 heteroatoms. The van der Waals surface area contributed by atoms with E-state index in [1.165, 1.54) is 22.3 Å². The van der Waals surface area contributed by atoms with Gasteiger partial charge in [0.2, 0.25) is 0 Å². The highest BCUT2D eigenvalue weighted by Crippen LogP contribution is 2.34. The summed E-state index contributed by atoms with van der Waals surface area (Å²) in [6.45, 7) is 4.31. The van der Waals surface area contributed by atoms with Crippen molar-refractivity contribution >= 4 is 32.7 Å². The summed E-state index contributed by atoms with van der Waals surface area (Å²) in [5, 5.41) is 2.69. The van der Waals surface area contributed by atoms with E-state index in [1.54, 1.807) is 0 Å². The fourth-order valence-electron chi connectivity index (χ4n) is 4.77. The third-order valence-electron chi connectivity index (χ3n) is 6.48. The van der Waals surface area contributed by atoms with Crippen LogP contribution in [0.15, 0.2) is 89.7 Å². The number of pyridine rings is 1. The van der Waals surface area contributed by atoms with E-state index in [1.807, 2.05) is 30.3 Å². The minimum absolute atomic E-state index is 0.0603. The van der Waals surface area contributed by atoms with Crippen LogP contribution < -0.4 is 5.56 Å². The molecule has 6 aromatic rings. The Balaban J connectivity index is 1.60. The topological polar surface area (TPSA) is 48.6 Å². The number of fused-ring (bicyclic) bond motifs is 5. The zero-order chi connectivity index (χ0) is 21.8. The Morgan fingerprint density at radius 1 is 0.594 bits per heavy atom. The molecule has 2 heterocycles. The summed E-state index contributed by atoms with van der Waals surface area (Å²) in [6.07, 6.45) is 0. The molecule has 32 heavy (non-hydrogen) atoms. The molecule has 0 amide bonds. The smallest absolute Gasteiger partial charge is 0.258 e. The van der Waals surface area contributed by atoms with Gasteiger partial charge in [-0.05, 0) is 71.5 Å². The third-order valence-corrected chi connectivity index (χ3v) is 6.48. The number of aryl methyl sites for hydroxylation is 2. The molecule has 2 aromatic heterocycles. The van der Waals surface area contributed by atoms with Crippen LogP contribution >= 0.6 is 0 Å². The second kappa shape index (κ2) is 6.96. The lowest BCUT2D eigenvalue weighted by atomic mass is 9.92. The van der Waals surface area contributed by atoms with Crippen LogP contribution in [0, 0.1) is 13.8 Å². The molecule has 0 saturated heterocycles. The number of aromatic nitrogens is 2. The van der Waals surface area contributed by atoms with Crippen molar-refractivity contribution in [2.75, 3.05) is 0 Å². The van der Waals surface area contributed by atoms with Gasteiger partial charge in [0, 0.05) is 16.3 Å². The third kappa shape index (κ3) is 2.78. The number of H-pyrrole nitrogens is 2. The quantitative estimate of drug-likeness (QED) is 0.311. The molecule has 0 saturated carbocycles. The highest BCUT2D eigenvalue weighted by atomic mass is 16.1. The van der Waals surface area contributed by atoms with Crippen LogP contribution in [0.4, 0.5) is 0 Å². The summed E-state index contributed by atoms with van der Waals surface area (Å²) >= 11 is 0. The van der Waals surface area contributed by atoms with Crippen molar-refractivity contribution in [2.45, 2.75) is 13.8 Å². The number of nitrogens with one attached hydrogen (secondary N) is 2. The van der Waals surface area contributed by atoms with Crippen molar-refractivity contribution in [1.82, 2.24) is 9.97 Å². The fraction of sp³-hybridized carbons (Fsp3) is 0.0690. The molecule has 0 aliphatic carbocycles. The summed E-state index contributed by atoms with van der Waals surface area (Å²) in [7, 11) is 0. The van der Waals surface area contributed by atoms with E-state index in [0.717, 1.165) is 43.8 Å². The average Bonchev–Trinajstić information content (AvgIpc) is 3.21. The average molecular weight is 415 g/mol. The van der Waals surface area contributed by atoms with Gasteiger partial charge in [0.05, 0.1) is 16.4 Å². The fourth-order valence-corrected chi connectivity index (χ4v) is 4.77. The molecule has 0 atom stereocenters. The highest BCUT2D eigenvalue weighted by molar-refractivity contribution is 6.16. The van der Waals surface area contributed by atoms with Crippen molar-refractivity contribution in [3.63, 3.8) is 0 Å². The number of para-hydroxylation sites is 1. The van der Waals surface area contributed by atoms with Gasteiger partial charge in [0.15, 0.2) is 0 Å². The van der Waals surface area contributed by atoms with Gasteiger partial charge in [0.1, 0.15) is 0 Å². The molecule has 2 N–H and O–H groups in total. The first-order valence-electron chi connectivity index (χ1n) is 10.8. The first kappa shape index (κ1) is 18.6. The van der Waals surface area contributed by atoms with Gasteiger partial charge in [-0.15, -0.1) is 0 Å². The molecule has 0 aliphatic heterocycles. The van der Waals surface area contributed by atoms with Gasteiger partial charge < -0.3 is 9.97 Å². The van der Waals surface area contributed by atoms with Gasteiger partial charge in [-0.3, -0.25) is 4.79 Å². The van der Waals surface area contributed by atoms with Crippen molar-refractivity contribution in [3.05, 3.63) is 106 Å². The predicted molar refractivity (Wildman–Crippen MR) is 134 cm³/mol. The number of benzene rings is 4.